The molecule has 1 nitrogen and oxygen atoms in total. The van der Waals surface area contributed by atoms with Gasteiger partial charge in [-0.3, -0.25) is 0 Å². The molecule has 0 saturated heterocycles. The molecule has 1 heteroatoms. The first-order valence-electron chi connectivity index (χ1n) is 12.4. The number of hydrogen-bond donors (Lipinski definition) is 1. The lowest BCUT2D eigenvalue weighted by molar-refractivity contribution is 0.656. The third-order valence-corrected chi connectivity index (χ3v) is 4.05. The van der Waals surface area contributed by atoms with Crippen molar-refractivity contribution in [2.45, 2.75) is 139 Å². The first-order valence-corrected chi connectivity index (χ1v) is 12.4. The molecule has 0 unspecified atom stereocenters. The smallest absolute Gasteiger partial charge is 0.0143 e. The van der Waals surface area contributed by atoms with Crippen molar-refractivity contribution in [3.63, 3.8) is 0 Å². The van der Waals surface area contributed by atoms with Crippen molar-refractivity contribution in [2.75, 3.05) is 6.54 Å². The monoisotopic (exact) mass is 409 g/mol. The van der Waals surface area contributed by atoms with Crippen LogP contribution in [0.4, 0.5) is 0 Å². The highest BCUT2D eigenvalue weighted by atomic mass is 14.9. The summed E-state index contributed by atoms with van der Waals surface area (Å²) < 4.78 is 0. The molecule has 0 aromatic carbocycles. The number of unbranched alkanes of at least 4 members (excludes halogenated alkanes) is 7. The molecule has 0 bridgehead atoms. The quantitative estimate of drug-likeness (QED) is 0.222. The molecule has 0 aromatic heterocycles. The van der Waals surface area contributed by atoms with Crippen LogP contribution in [-0.4, -0.2) is 6.54 Å². The molecule has 0 radical (unpaired) electrons. The molecule has 0 amide bonds. The van der Waals surface area contributed by atoms with Gasteiger partial charge in [0.05, 0.1) is 0 Å². The van der Waals surface area contributed by atoms with E-state index in [2.05, 4.69) is 73.5 Å². The minimum absolute atomic E-state index is 1.08. The van der Waals surface area contributed by atoms with Gasteiger partial charge in [0.25, 0.3) is 0 Å². The summed E-state index contributed by atoms with van der Waals surface area (Å²) in [6.45, 7) is 29.6. The zero-order valence-electron chi connectivity index (χ0n) is 22.0. The predicted octanol–water partition coefficient (Wildman–Crippen LogP) is 10.4. The van der Waals surface area contributed by atoms with Crippen molar-refractivity contribution in [2.24, 2.45) is 0 Å². The molecule has 0 aromatic rings. The van der Waals surface area contributed by atoms with E-state index in [9.17, 15) is 0 Å². The summed E-state index contributed by atoms with van der Waals surface area (Å²) in [5, 5.41) is 3.19. The van der Waals surface area contributed by atoms with Gasteiger partial charge in [-0.15, -0.1) is 13.2 Å². The summed E-state index contributed by atoms with van der Waals surface area (Å²) >= 11 is 0. The summed E-state index contributed by atoms with van der Waals surface area (Å²) in [5.41, 5.74) is 3.67. The van der Waals surface area contributed by atoms with Crippen LogP contribution in [0.25, 0.3) is 0 Å². The van der Waals surface area contributed by atoms with Crippen molar-refractivity contribution >= 4 is 0 Å². The Kier molecular flexibility index (Phi) is 42.2. The molecule has 29 heavy (non-hydrogen) atoms. The Morgan fingerprint density at radius 2 is 0.931 bits per heavy atom. The number of allylic oxidation sites excluding steroid dienone is 3. The second-order valence-electron chi connectivity index (χ2n) is 8.24. The summed E-state index contributed by atoms with van der Waals surface area (Å²) in [5.74, 6) is 0. The Labute approximate surface area is 187 Å². The van der Waals surface area contributed by atoms with Gasteiger partial charge >= 0.3 is 0 Å². The molecule has 0 saturated carbocycles. The molecule has 0 fully saturated rings. The van der Waals surface area contributed by atoms with Crippen molar-refractivity contribution in [1.29, 1.82) is 0 Å². The van der Waals surface area contributed by atoms with E-state index in [4.69, 9.17) is 0 Å². The largest absolute Gasteiger partial charge is 0.389 e. The zero-order valence-corrected chi connectivity index (χ0v) is 22.0. The number of hydrogen-bond acceptors (Lipinski definition) is 1. The van der Waals surface area contributed by atoms with Crippen LogP contribution in [0.5, 0.6) is 0 Å². The highest BCUT2D eigenvalue weighted by Crippen LogP contribution is 2.01. The van der Waals surface area contributed by atoms with Crippen molar-refractivity contribution in [1.82, 2.24) is 5.32 Å². The first kappa shape index (κ1) is 35.5. The SMILES string of the molecule is C=C(C)CCC.C=C(C)CCCC.C=C(C)NCCCCC.CCCCCCC. The highest BCUT2D eigenvalue weighted by Gasteiger charge is 1.84. The molecule has 0 aliphatic rings. The van der Waals surface area contributed by atoms with Gasteiger partial charge in [0, 0.05) is 12.2 Å². The van der Waals surface area contributed by atoms with Crippen molar-refractivity contribution < 1.29 is 0 Å². The van der Waals surface area contributed by atoms with Crippen LogP contribution in [0.15, 0.2) is 36.6 Å². The second kappa shape index (κ2) is 34.5. The van der Waals surface area contributed by atoms with E-state index in [-0.39, 0.29) is 0 Å². The molecule has 176 valence electrons. The molecular formula is C28H59N. The molecule has 0 aliphatic heterocycles. The van der Waals surface area contributed by atoms with E-state index in [1.54, 1.807) is 0 Å². The van der Waals surface area contributed by atoms with Gasteiger partial charge in [-0.25, -0.2) is 0 Å². The Morgan fingerprint density at radius 1 is 0.517 bits per heavy atom. The van der Waals surface area contributed by atoms with E-state index >= 15 is 0 Å². The van der Waals surface area contributed by atoms with E-state index in [0.29, 0.717) is 0 Å². The lowest BCUT2D eigenvalue weighted by Gasteiger charge is -2.02. The Morgan fingerprint density at radius 3 is 1.17 bits per heavy atom. The summed E-state index contributed by atoms with van der Waals surface area (Å²) in [6.07, 6.45) is 17.1. The van der Waals surface area contributed by atoms with Gasteiger partial charge in [0.2, 0.25) is 0 Å². The fraction of sp³-hybridized carbons (Fsp3) is 0.786. The van der Waals surface area contributed by atoms with Crippen LogP contribution < -0.4 is 5.32 Å². The average Bonchev–Trinajstić information content (AvgIpc) is 2.65. The fourth-order valence-corrected chi connectivity index (χ4v) is 2.26. The predicted molar refractivity (Wildman–Crippen MR) is 141 cm³/mol. The Bertz CT molecular complexity index is 323. The Hall–Kier alpha value is -0.980. The van der Waals surface area contributed by atoms with Gasteiger partial charge in [-0.05, 0) is 46.5 Å². The van der Waals surface area contributed by atoms with Crippen LogP contribution in [0.2, 0.25) is 0 Å². The minimum Gasteiger partial charge on any atom is -0.389 e. The topological polar surface area (TPSA) is 12.0 Å². The molecular weight excluding hydrogens is 350 g/mol. The van der Waals surface area contributed by atoms with Crippen LogP contribution >= 0.6 is 0 Å². The maximum atomic E-state index is 3.79. The van der Waals surface area contributed by atoms with Crippen LogP contribution in [0, 0.1) is 0 Å². The summed E-state index contributed by atoms with van der Waals surface area (Å²) in [4.78, 5) is 0. The van der Waals surface area contributed by atoms with Crippen LogP contribution in [0.3, 0.4) is 0 Å². The van der Waals surface area contributed by atoms with E-state index < -0.39 is 0 Å². The zero-order chi connectivity index (χ0) is 23.3. The third-order valence-electron chi connectivity index (χ3n) is 4.05. The molecule has 1 N–H and O–H groups in total. The standard InChI is InChI=1S/C8H17N.C7H14.C7H16.C6H12/c1-4-5-6-7-9-8(2)3;1-4-5-6-7(2)3;1-3-5-7-6-4-2;1-4-5-6(2)3/h9H,2,4-7H2,1,3H3;2,4-6H2,1,3H3;3-7H2,1-2H3;2,4-5H2,1,3H3. The van der Waals surface area contributed by atoms with Gasteiger partial charge in [0.1, 0.15) is 0 Å². The second-order valence-corrected chi connectivity index (χ2v) is 8.24. The minimum atomic E-state index is 1.08. The summed E-state index contributed by atoms with van der Waals surface area (Å²) in [7, 11) is 0. The molecule has 0 spiro atoms. The molecule has 0 atom stereocenters. The van der Waals surface area contributed by atoms with Gasteiger partial charge in [-0.2, -0.15) is 0 Å². The lowest BCUT2D eigenvalue weighted by atomic mass is 10.2. The van der Waals surface area contributed by atoms with Gasteiger partial charge < -0.3 is 5.32 Å². The number of rotatable bonds is 14. The number of nitrogens with one attached hydrogen (secondary N) is 1. The summed E-state index contributed by atoms with van der Waals surface area (Å²) in [6, 6.07) is 0. The lowest BCUT2D eigenvalue weighted by Crippen LogP contribution is -2.10. The van der Waals surface area contributed by atoms with E-state index in [1.807, 2.05) is 6.92 Å². The molecule has 0 heterocycles. The van der Waals surface area contributed by atoms with E-state index in [0.717, 1.165) is 12.2 Å². The maximum absolute atomic E-state index is 3.79. The normalized spacial score (nSPS) is 8.97. The highest BCUT2D eigenvalue weighted by molar-refractivity contribution is 4.87. The first-order chi connectivity index (χ1) is 13.7. The van der Waals surface area contributed by atoms with Crippen molar-refractivity contribution in [3.05, 3.63) is 36.6 Å². The molecule has 0 aliphatic carbocycles. The fourth-order valence-electron chi connectivity index (χ4n) is 2.26. The van der Waals surface area contributed by atoms with Gasteiger partial charge in [-0.1, -0.05) is 110 Å². The van der Waals surface area contributed by atoms with Gasteiger partial charge in [0.15, 0.2) is 0 Å². The van der Waals surface area contributed by atoms with Crippen molar-refractivity contribution in [3.8, 4) is 0 Å². The van der Waals surface area contributed by atoms with Crippen LogP contribution in [-0.2, 0) is 0 Å². The maximum Gasteiger partial charge on any atom is 0.0143 e. The third kappa shape index (κ3) is 65.9. The average molecular weight is 410 g/mol. The van der Waals surface area contributed by atoms with E-state index in [1.165, 1.54) is 94.6 Å². The van der Waals surface area contributed by atoms with Crippen LogP contribution in [0.1, 0.15) is 139 Å². The molecule has 0 rings (SSSR count). The Balaban J connectivity index is -0.000000145.